The van der Waals surface area contributed by atoms with Crippen molar-refractivity contribution in [3.63, 3.8) is 0 Å². The molecule has 4 rings (SSSR count). The summed E-state index contributed by atoms with van der Waals surface area (Å²) in [5.74, 6) is -1.96. The molecule has 1 aromatic heterocycles. The van der Waals surface area contributed by atoms with Crippen LogP contribution in [0.2, 0.25) is 0 Å². The quantitative estimate of drug-likeness (QED) is 0.770. The van der Waals surface area contributed by atoms with Crippen molar-refractivity contribution < 1.29 is 27.3 Å². The van der Waals surface area contributed by atoms with Gasteiger partial charge in [0.25, 0.3) is 0 Å². The van der Waals surface area contributed by atoms with E-state index in [1.54, 1.807) is 24.3 Å². The zero-order chi connectivity index (χ0) is 19.1. The molecule has 0 aliphatic carbocycles. The second kappa shape index (κ2) is 6.68. The van der Waals surface area contributed by atoms with E-state index < -0.39 is 37.9 Å². The monoisotopic (exact) mass is 399 g/mol. The minimum absolute atomic E-state index is 0.00859. The van der Waals surface area contributed by atoms with Crippen LogP contribution in [-0.4, -0.2) is 27.0 Å². The smallest absolute Gasteiger partial charge is 0.404 e. The number of phosphoric ester groups is 1. The lowest BCUT2D eigenvalue weighted by molar-refractivity contribution is -0.175. The Hall–Kier alpha value is -2.33. The lowest BCUT2D eigenvalue weighted by Gasteiger charge is -2.27. The number of nitrogens with one attached hydrogen (secondary N) is 1. The van der Waals surface area contributed by atoms with E-state index in [-0.39, 0.29) is 19.4 Å². The van der Waals surface area contributed by atoms with Crippen molar-refractivity contribution >= 4 is 7.82 Å². The number of hydrogen-bond donors (Lipinski definition) is 1. The highest BCUT2D eigenvalue weighted by Crippen LogP contribution is 2.55. The largest absolute Gasteiger partial charge is 0.530 e. The predicted octanol–water partition coefficient (Wildman–Crippen LogP) is 1.64. The first kappa shape index (κ1) is 18.1. The summed E-state index contributed by atoms with van der Waals surface area (Å²) in [7, 11) is -4.00. The Morgan fingerprint density at radius 2 is 2.22 bits per heavy atom. The van der Waals surface area contributed by atoms with Gasteiger partial charge in [-0.05, 0) is 12.5 Å². The normalized spacial score (nSPS) is 29.9. The van der Waals surface area contributed by atoms with Gasteiger partial charge in [0.15, 0.2) is 0 Å². The molecule has 1 saturated heterocycles. The Morgan fingerprint density at radius 3 is 3.04 bits per heavy atom. The van der Waals surface area contributed by atoms with Crippen LogP contribution in [0, 0.1) is 0 Å². The number of hydrogen-bond acceptors (Lipinski definition) is 8. The van der Waals surface area contributed by atoms with Crippen LogP contribution in [0.1, 0.15) is 24.6 Å². The maximum Gasteiger partial charge on any atom is 0.530 e. The maximum absolute atomic E-state index is 14.9. The highest BCUT2D eigenvalue weighted by molar-refractivity contribution is 7.49. The summed E-state index contributed by atoms with van der Waals surface area (Å²) in [6, 6.07) is 6.83. The molecule has 27 heavy (non-hydrogen) atoms. The highest BCUT2D eigenvalue weighted by Gasteiger charge is 2.45. The fourth-order valence-electron chi connectivity index (χ4n) is 2.81. The van der Waals surface area contributed by atoms with Crippen LogP contribution in [0.25, 0.3) is 0 Å². The molecule has 1 aromatic carbocycles. The van der Waals surface area contributed by atoms with Gasteiger partial charge in [0.2, 0.25) is 5.85 Å². The standard InChI is InChI=1S/C15H15FN3O7P/c16-15(6-5-12(25-15)19-9-17-13(20)18-14(19)21)8-24-27(22)23-7-10-3-1-2-4-11(10)26-27/h1-4,9,12H,5-8H2,(H,18,20,21)/t12-,15+,27?/m1/s1. The molecule has 1 unspecified atom stereocenters. The molecule has 0 bridgehead atoms. The summed E-state index contributed by atoms with van der Waals surface area (Å²) in [6.45, 7) is -0.705. The summed E-state index contributed by atoms with van der Waals surface area (Å²) in [4.78, 5) is 28.2. The first-order chi connectivity index (χ1) is 12.9. The van der Waals surface area contributed by atoms with E-state index in [0.717, 1.165) is 10.9 Å². The number of rotatable bonds is 4. The zero-order valence-electron chi connectivity index (χ0n) is 13.9. The van der Waals surface area contributed by atoms with E-state index in [4.69, 9.17) is 18.3 Å². The van der Waals surface area contributed by atoms with Gasteiger partial charge >= 0.3 is 19.2 Å². The second-order valence-corrected chi connectivity index (χ2v) is 7.67. The van der Waals surface area contributed by atoms with Gasteiger partial charge in [-0.1, -0.05) is 18.2 Å². The molecule has 0 amide bonds. The van der Waals surface area contributed by atoms with E-state index in [2.05, 4.69) is 4.98 Å². The van der Waals surface area contributed by atoms with Gasteiger partial charge in [0.05, 0.1) is 6.61 Å². The maximum atomic E-state index is 14.9. The molecule has 1 fully saturated rings. The van der Waals surface area contributed by atoms with Crippen molar-refractivity contribution in [2.75, 3.05) is 6.61 Å². The van der Waals surface area contributed by atoms with Gasteiger partial charge in [-0.3, -0.25) is 18.6 Å². The molecule has 2 aliphatic rings. The van der Waals surface area contributed by atoms with Gasteiger partial charge in [-0.15, -0.1) is 0 Å². The molecule has 1 N–H and O–H groups in total. The topological polar surface area (TPSA) is 122 Å². The Balaban J connectivity index is 1.42. The molecule has 0 radical (unpaired) electrons. The van der Waals surface area contributed by atoms with Crippen molar-refractivity contribution in [2.45, 2.75) is 31.5 Å². The molecule has 0 saturated carbocycles. The number of para-hydroxylation sites is 1. The summed E-state index contributed by atoms with van der Waals surface area (Å²) in [5, 5.41) is 0. The number of phosphoric acid groups is 1. The SMILES string of the molecule is O=c1ncn([C@H]2CC[C@@](F)(COP3(=O)OCc4ccccc4O3)O2)c(=O)[nH]1. The van der Waals surface area contributed by atoms with Gasteiger partial charge in [-0.25, -0.2) is 18.5 Å². The third-order valence-electron chi connectivity index (χ3n) is 4.17. The fraction of sp³-hybridized carbons (Fsp3) is 0.400. The van der Waals surface area contributed by atoms with Crippen molar-refractivity contribution in [1.82, 2.24) is 14.5 Å². The molecule has 3 heterocycles. The van der Waals surface area contributed by atoms with Crippen LogP contribution in [0.4, 0.5) is 4.39 Å². The molecule has 10 nitrogen and oxygen atoms in total. The first-order valence-corrected chi connectivity index (χ1v) is 9.53. The Morgan fingerprint density at radius 1 is 1.41 bits per heavy atom. The lowest BCUT2D eigenvalue weighted by atomic mass is 10.2. The molecule has 144 valence electrons. The van der Waals surface area contributed by atoms with E-state index in [1.165, 1.54) is 0 Å². The van der Waals surface area contributed by atoms with Crippen LogP contribution in [0.15, 0.2) is 40.2 Å². The number of ether oxygens (including phenoxy) is 1. The molecule has 2 aliphatic heterocycles. The van der Waals surface area contributed by atoms with Crippen LogP contribution >= 0.6 is 7.82 Å². The predicted molar refractivity (Wildman–Crippen MR) is 87.7 cm³/mol. The number of alkyl halides is 1. The van der Waals surface area contributed by atoms with Crippen LogP contribution in [0.5, 0.6) is 5.75 Å². The van der Waals surface area contributed by atoms with E-state index in [9.17, 15) is 18.5 Å². The Bertz CT molecular complexity index is 1020. The number of nitrogens with zero attached hydrogens (tertiary/aromatic N) is 2. The molecular weight excluding hydrogens is 384 g/mol. The lowest BCUT2D eigenvalue weighted by Crippen LogP contribution is -2.35. The van der Waals surface area contributed by atoms with Gasteiger partial charge in [-0.2, -0.15) is 4.98 Å². The number of aromatic amines is 1. The fourth-order valence-corrected chi connectivity index (χ4v) is 4.06. The minimum atomic E-state index is -4.00. The molecule has 2 aromatic rings. The Kier molecular flexibility index (Phi) is 4.47. The Labute approximate surface area is 151 Å². The van der Waals surface area contributed by atoms with Crippen LogP contribution < -0.4 is 15.9 Å². The van der Waals surface area contributed by atoms with E-state index in [0.29, 0.717) is 11.3 Å². The highest BCUT2D eigenvalue weighted by atomic mass is 31.2. The van der Waals surface area contributed by atoms with Crippen LogP contribution in [0.3, 0.4) is 0 Å². The third kappa shape index (κ3) is 3.72. The van der Waals surface area contributed by atoms with Crippen LogP contribution in [-0.2, 0) is 25.0 Å². The number of benzene rings is 1. The van der Waals surface area contributed by atoms with Gasteiger partial charge in [0, 0.05) is 12.0 Å². The first-order valence-electron chi connectivity index (χ1n) is 8.07. The minimum Gasteiger partial charge on any atom is -0.404 e. The molecular formula is C15H15FN3O7P. The second-order valence-electron chi connectivity index (χ2n) is 6.07. The summed E-state index contributed by atoms with van der Waals surface area (Å²) in [6.07, 6.45) is -0.00206. The van der Waals surface area contributed by atoms with E-state index >= 15 is 0 Å². The summed E-state index contributed by atoms with van der Waals surface area (Å²) >= 11 is 0. The number of halogens is 1. The van der Waals surface area contributed by atoms with Gasteiger partial charge < -0.3 is 9.26 Å². The average Bonchev–Trinajstić information content (AvgIpc) is 3.03. The van der Waals surface area contributed by atoms with Crippen molar-refractivity contribution in [3.05, 3.63) is 57.1 Å². The summed E-state index contributed by atoms with van der Waals surface area (Å²) in [5.41, 5.74) is -0.882. The van der Waals surface area contributed by atoms with E-state index in [1.807, 2.05) is 4.98 Å². The van der Waals surface area contributed by atoms with Crippen molar-refractivity contribution in [3.8, 4) is 5.75 Å². The van der Waals surface area contributed by atoms with Gasteiger partial charge in [0.1, 0.15) is 24.9 Å². The number of aromatic nitrogens is 3. The number of H-pyrrole nitrogens is 1. The zero-order valence-corrected chi connectivity index (χ0v) is 14.8. The molecule has 12 heteroatoms. The number of fused-ring (bicyclic) bond motifs is 1. The molecule has 3 atom stereocenters. The van der Waals surface area contributed by atoms with Crippen molar-refractivity contribution in [2.24, 2.45) is 0 Å². The van der Waals surface area contributed by atoms with Crippen molar-refractivity contribution in [1.29, 1.82) is 0 Å². The third-order valence-corrected chi connectivity index (χ3v) is 5.48. The average molecular weight is 399 g/mol. The summed E-state index contributed by atoms with van der Waals surface area (Å²) < 4.78 is 49.1. The molecule has 0 spiro atoms.